The van der Waals surface area contributed by atoms with Gasteiger partial charge in [-0.05, 0) is 44.7 Å². The second kappa shape index (κ2) is 8.38. The maximum absolute atomic E-state index is 6.31. The molecular formula is C19H26ClN9. The van der Waals surface area contributed by atoms with E-state index < -0.39 is 0 Å². The molecule has 2 aromatic heterocycles. The van der Waals surface area contributed by atoms with Crippen LogP contribution in [0.25, 0.3) is 11.2 Å². The van der Waals surface area contributed by atoms with Crippen LogP contribution in [0.2, 0.25) is 5.02 Å². The first-order chi connectivity index (χ1) is 14.0. The minimum Gasteiger partial charge on any atom is -0.398 e. The van der Waals surface area contributed by atoms with E-state index in [2.05, 4.69) is 30.9 Å². The molecule has 1 aliphatic carbocycles. The van der Waals surface area contributed by atoms with E-state index in [1.165, 1.54) is 0 Å². The highest BCUT2D eigenvalue weighted by atomic mass is 35.5. The molecule has 0 saturated heterocycles. The Hall–Kier alpha value is -2.65. The third kappa shape index (κ3) is 4.20. The van der Waals surface area contributed by atoms with E-state index in [1.54, 1.807) is 4.68 Å². The average Bonchev–Trinajstić information content (AvgIpc) is 3.12. The smallest absolute Gasteiger partial charge is 0.227 e. The van der Waals surface area contributed by atoms with Gasteiger partial charge in [0.05, 0.1) is 0 Å². The SMILES string of the molecule is CCn1nnc2c(NCc3c(N)cccc3Cl)nc(NC3CCC(N)CC3)nc21. The molecule has 4 rings (SSSR count). The number of hydrogen-bond acceptors (Lipinski definition) is 8. The van der Waals surface area contributed by atoms with Crippen molar-refractivity contribution in [2.45, 2.75) is 57.8 Å². The molecule has 1 fully saturated rings. The molecule has 0 atom stereocenters. The summed E-state index contributed by atoms with van der Waals surface area (Å²) in [5.74, 6) is 1.16. The number of rotatable bonds is 6. The normalized spacial score (nSPS) is 19.4. The Morgan fingerprint density at radius 3 is 2.72 bits per heavy atom. The van der Waals surface area contributed by atoms with Gasteiger partial charge in [-0.25, -0.2) is 4.68 Å². The molecule has 0 aliphatic heterocycles. The molecule has 9 nitrogen and oxygen atoms in total. The number of fused-ring (bicyclic) bond motifs is 1. The number of nitrogens with one attached hydrogen (secondary N) is 2. The molecule has 1 aromatic carbocycles. The number of nitrogens with two attached hydrogens (primary N) is 2. The lowest BCUT2D eigenvalue weighted by atomic mass is 9.92. The van der Waals surface area contributed by atoms with Gasteiger partial charge in [-0.2, -0.15) is 9.97 Å². The summed E-state index contributed by atoms with van der Waals surface area (Å²) in [6.07, 6.45) is 4.02. The summed E-state index contributed by atoms with van der Waals surface area (Å²) in [4.78, 5) is 9.34. The Morgan fingerprint density at radius 2 is 2.00 bits per heavy atom. The molecule has 10 heteroatoms. The number of anilines is 3. The number of nitrogens with zero attached hydrogens (tertiary/aromatic N) is 5. The number of hydrogen-bond donors (Lipinski definition) is 4. The monoisotopic (exact) mass is 415 g/mol. The van der Waals surface area contributed by atoms with Gasteiger partial charge >= 0.3 is 0 Å². The molecule has 154 valence electrons. The number of benzene rings is 1. The maximum Gasteiger partial charge on any atom is 0.227 e. The van der Waals surface area contributed by atoms with Crippen LogP contribution in [0, 0.1) is 0 Å². The van der Waals surface area contributed by atoms with Gasteiger partial charge in [-0.15, -0.1) is 5.10 Å². The van der Waals surface area contributed by atoms with E-state index >= 15 is 0 Å². The van der Waals surface area contributed by atoms with Crippen LogP contribution in [0.3, 0.4) is 0 Å². The van der Waals surface area contributed by atoms with Crippen molar-refractivity contribution in [3.63, 3.8) is 0 Å². The Bertz CT molecular complexity index is 975. The van der Waals surface area contributed by atoms with E-state index in [-0.39, 0.29) is 0 Å². The van der Waals surface area contributed by atoms with Crippen molar-refractivity contribution < 1.29 is 0 Å². The minimum atomic E-state index is 0.292. The van der Waals surface area contributed by atoms with Crippen molar-refractivity contribution in [3.05, 3.63) is 28.8 Å². The molecular weight excluding hydrogens is 390 g/mol. The lowest BCUT2D eigenvalue weighted by molar-refractivity contribution is 0.410. The molecule has 1 saturated carbocycles. The lowest BCUT2D eigenvalue weighted by Crippen LogP contribution is -2.33. The summed E-state index contributed by atoms with van der Waals surface area (Å²) in [5.41, 5.74) is 14.9. The Morgan fingerprint density at radius 1 is 1.21 bits per heavy atom. The van der Waals surface area contributed by atoms with Crippen molar-refractivity contribution in [1.29, 1.82) is 0 Å². The van der Waals surface area contributed by atoms with Crippen LogP contribution >= 0.6 is 11.6 Å². The zero-order chi connectivity index (χ0) is 20.4. The molecule has 6 N–H and O–H groups in total. The highest BCUT2D eigenvalue weighted by Crippen LogP contribution is 2.26. The average molecular weight is 416 g/mol. The largest absolute Gasteiger partial charge is 0.398 e. The fourth-order valence-corrected chi connectivity index (χ4v) is 3.89. The number of aromatic nitrogens is 5. The van der Waals surface area contributed by atoms with Gasteiger partial charge in [0.15, 0.2) is 17.0 Å². The Balaban J connectivity index is 1.62. The summed E-state index contributed by atoms with van der Waals surface area (Å²) in [5, 5.41) is 15.8. The van der Waals surface area contributed by atoms with Crippen LogP contribution in [0.1, 0.15) is 38.2 Å². The van der Waals surface area contributed by atoms with Gasteiger partial charge in [0.2, 0.25) is 5.95 Å². The molecule has 1 aliphatic rings. The Kier molecular flexibility index (Phi) is 5.68. The molecule has 29 heavy (non-hydrogen) atoms. The predicted octanol–water partition coefficient (Wildman–Crippen LogP) is 2.77. The van der Waals surface area contributed by atoms with E-state index in [9.17, 15) is 0 Å². The van der Waals surface area contributed by atoms with Crippen LogP contribution in [-0.4, -0.2) is 37.0 Å². The molecule has 0 radical (unpaired) electrons. The Labute approximate surface area is 174 Å². The van der Waals surface area contributed by atoms with Crippen molar-refractivity contribution >= 4 is 40.2 Å². The first-order valence-corrected chi connectivity index (χ1v) is 10.3. The van der Waals surface area contributed by atoms with Crippen LogP contribution in [-0.2, 0) is 13.1 Å². The summed E-state index contributed by atoms with van der Waals surface area (Å²) in [6, 6.07) is 6.07. The number of aryl methyl sites for hydroxylation is 1. The maximum atomic E-state index is 6.31. The third-order valence-electron chi connectivity index (χ3n) is 5.36. The van der Waals surface area contributed by atoms with Gasteiger partial charge in [0.1, 0.15) is 0 Å². The minimum absolute atomic E-state index is 0.292. The topological polar surface area (TPSA) is 133 Å². The first-order valence-electron chi connectivity index (χ1n) is 9.95. The number of nitrogen functional groups attached to an aromatic ring is 1. The standard InChI is InChI=1S/C19H26ClN9/c1-2-29-18-16(27-28-29)17(23-10-13-14(20)4-3-5-15(13)22)25-19(26-18)24-12-8-6-11(21)7-9-12/h3-5,11-12H,2,6-10,21-22H2,1H3,(H2,23,24,25,26). The quantitative estimate of drug-likeness (QED) is 0.451. The molecule has 0 amide bonds. The summed E-state index contributed by atoms with van der Waals surface area (Å²) >= 11 is 6.31. The highest BCUT2D eigenvalue weighted by molar-refractivity contribution is 6.31. The van der Waals surface area contributed by atoms with Crippen LogP contribution in [0.15, 0.2) is 18.2 Å². The fourth-order valence-electron chi connectivity index (χ4n) is 3.64. The third-order valence-corrected chi connectivity index (χ3v) is 5.71. The van der Waals surface area contributed by atoms with Crippen LogP contribution in [0.5, 0.6) is 0 Å². The molecule has 0 unspecified atom stereocenters. The van der Waals surface area contributed by atoms with Gasteiger partial charge < -0.3 is 22.1 Å². The van der Waals surface area contributed by atoms with E-state index in [4.69, 9.17) is 23.1 Å². The van der Waals surface area contributed by atoms with E-state index in [1.807, 2.05) is 25.1 Å². The lowest BCUT2D eigenvalue weighted by Gasteiger charge is -2.26. The highest BCUT2D eigenvalue weighted by Gasteiger charge is 2.21. The van der Waals surface area contributed by atoms with Crippen molar-refractivity contribution in [3.8, 4) is 0 Å². The van der Waals surface area contributed by atoms with Crippen molar-refractivity contribution in [2.75, 3.05) is 16.4 Å². The molecule has 0 bridgehead atoms. The van der Waals surface area contributed by atoms with Gasteiger partial charge in [-0.3, -0.25) is 0 Å². The summed E-state index contributed by atoms with van der Waals surface area (Å²) in [7, 11) is 0. The summed E-state index contributed by atoms with van der Waals surface area (Å²) < 4.78 is 1.76. The molecule has 3 aromatic rings. The van der Waals surface area contributed by atoms with Gasteiger partial charge in [0, 0.05) is 41.4 Å². The molecule has 0 spiro atoms. The van der Waals surface area contributed by atoms with Crippen molar-refractivity contribution in [2.24, 2.45) is 5.73 Å². The van der Waals surface area contributed by atoms with Crippen LogP contribution < -0.4 is 22.1 Å². The zero-order valence-corrected chi connectivity index (χ0v) is 17.2. The molecule has 2 heterocycles. The van der Waals surface area contributed by atoms with Crippen molar-refractivity contribution in [1.82, 2.24) is 25.0 Å². The predicted molar refractivity (Wildman–Crippen MR) is 116 cm³/mol. The van der Waals surface area contributed by atoms with Gasteiger partial charge in [0.25, 0.3) is 0 Å². The van der Waals surface area contributed by atoms with Gasteiger partial charge in [-0.1, -0.05) is 22.9 Å². The second-order valence-corrected chi connectivity index (χ2v) is 7.80. The van der Waals surface area contributed by atoms with E-state index in [0.717, 1.165) is 31.2 Å². The zero-order valence-electron chi connectivity index (χ0n) is 16.4. The fraction of sp³-hybridized carbons (Fsp3) is 0.474. The summed E-state index contributed by atoms with van der Waals surface area (Å²) in [6.45, 7) is 3.10. The second-order valence-electron chi connectivity index (χ2n) is 7.39. The van der Waals surface area contributed by atoms with E-state index in [0.29, 0.717) is 58.8 Å². The first kappa shape index (κ1) is 19.7. The van der Waals surface area contributed by atoms with Crippen LogP contribution in [0.4, 0.5) is 17.5 Å². The number of halogens is 1.